The number of halogens is 2. The van der Waals surface area contributed by atoms with Gasteiger partial charge in [0.1, 0.15) is 5.75 Å². The van der Waals surface area contributed by atoms with E-state index in [0.717, 1.165) is 11.1 Å². The van der Waals surface area contributed by atoms with Crippen molar-refractivity contribution in [3.05, 3.63) is 65.2 Å². The minimum atomic E-state index is -2.86. The first kappa shape index (κ1) is 19.1. The number of carbonyl (C=O) groups excluding carboxylic acids is 1. The van der Waals surface area contributed by atoms with Crippen LogP contribution in [-0.4, -0.2) is 34.9 Å². The van der Waals surface area contributed by atoms with Crippen LogP contribution in [0.15, 0.2) is 48.5 Å². The van der Waals surface area contributed by atoms with E-state index in [1.807, 2.05) is 6.07 Å². The molecule has 134 valence electrons. The van der Waals surface area contributed by atoms with Gasteiger partial charge in [-0.15, -0.1) is 0 Å². The van der Waals surface area contributed by atoms with Crippen LogP contribution < -0.4 is 4.74 Å². The van der Waals surface area contributed by atoms with Gasteiger partial charge < -0.3 is 9.64 Å². The van der Waals surface area contributed by atoms with Gasteiger partial charge in [0.25, 0.3) is 5.91 Å². The molecule has 0 saturated heterocycles. The van der Waals surface area contributed by atoms with Crippen molar-refractivity contribution >= 4 is 16.7 Å². The Balaban J connectivity index is 2.03. The van der Waals surface area contributed by atoms with Crippen LogP contribution in [0.3, 0.4) is 0 Å². The maximum Gasteiger partial charge on any atom is 0.387 e. The van der Waals surface area contributed by atoms with Crippen LogP contribution >= 0.6 is 0 Å². The minimum Gasteiger partial charge on any atom is -0.435 e. The predicted molar refractivity (Wildman–Crippen MR) is 93.1 cm³/mol. The van der Waals surface area contributed by atoms with Gasteiger partial charge in [-0.3, -0.25) is 9.00 Å². The number of carbonyl (C=O) groups is 1. The molecule has 0 N–H and O–H groups in total. The normalized spacial score (nSPS) is 12.0. The summed E-state index contributed by atoms with van der Waals surface area (Å²) in [7, 11) is 0.686. The lowest BCUT2D eigenvalue weighted by atomic mass is 10.1. The minimum absolute atomic E-state index is 0.0768. The zero-order chi connectivity index (χ0) is 18.4. The van der Waals surface area contributed by atoms with E-state index in [-0.39, 0.29) is 11.7 Å². The molecular weight excluding hydrogens is 348 g/mol. The van der Waals surface area contributed by atoms with Crippen LogP contribution in [0, 0.1) is 0 Å². The summed E-state index contributed by atoms with van der Waals surface area (Å²) in [4.78, 5) is 14.1. The molecule has 25 heavy (non-hydrogen) atoms. The van der Waals surface area contributed by atoms with Crippen LogP contribution in [0.4, 0.5) is 8.78 Å². The second kappa shape index (κ2) is 8.71. The van der Waals surface area contributed by atoms with Crippen molar-refractivity contribution in [1.29, 1.82) is 0 Å². The van der Waals surface area contributed by atoms with Crippen LogP contribution in [0.5, 0.6) is 5.75 Å². The number of rotatable bonds is 7. The standard InChI is InChI=1S/C18H19F2NO3S/c1-21(11-13-6-8-16(9-7-13)24-18(19)20)17(22)15-5-3-4-14(10-15)12-25(2)23/h3-10,18H,11-12H2,1-2H3. The lowest BCUT2D eigenvalue weighted by Gasteiger charge is -2.18. The summed E-state index contributed by atoms with van der Waals surface area (Å²) >= 11 is 0. The molecule has 0 aliphatic heterocycles. The lowest BCUT2D eigenvalue weighted by molar-refractivity contribution is -0.0498. The summed E-state index contributed by atoms with van der Waals surface area (Å²) in [6.07, 6.45) is 1.61. The van der Waals surface area contributed by atoms with Crippen LogP contribution in [0.2, 0.25) is 0 Å². The number of amides is 1. The van der Waals surface area contributed by atoms with Gasteiger partial charge in [0.15, 0.2) is 0 Å². The van der Waals surface area contributed by atoms with Crippen molar-refractivity contribution in [3.63, 3.8) is 0 Å². The highest BCUT2D eigenvalue weighted by Crippen LogP contribution is 2.17. The van der Waals surface area contributed by atoms with E-state index in [4.69, 9.17) is 0 Å². The van der Waals surface area contributed by atoms with Crippen molar-refractivity contribution < 1.29 is 22.5 Å². The Hall–Kier alpha value is -2.28. The summed E-state index contributed by atoms with van der Waals surface area (Å²) in [5, 5.41) is 0. The second-order valence-corrected chi connectivity index (χ2v) is 7.04. The van der Waals surface area contributed by atoms with E-state index < -0.39 is 17.4 Å². The summed E-state index contributed by atoms with van der Waals surface area (Å²) in [5.74, 6) is 0.306. The van der Waals surface area contributed by atoms with Crippen molar-refractivity contribution in [2.75, 3.05) is 13.3 Å². The third-order valence-electron chi connectivity index (χ3n) is 3.46. The third-order valence-corrected chi connectivity index (χ3v) is 4.20. The summed E-state index contributed by atoms with van der Waals surface area (Å²) in [5.41, 5.74) is 2.15. The Morgan fingerprint density at radius 3 is 2.44 bits per heavy atom. The van der Waals surface area contributed by atoms with Gasteiger partial charge in [-0.05, 0) is 35.4 Å². The fraction of sp³-hybridized carbons (Fsp3) is 0.278. The maximum absolute atomic E-state index is 12.5. The Morgan fingerprint density at radius 1 is 1.16 bits per heavy atom. The van der Waals surface area contributed by atoms with Crippen LogP contribution in [0.1, 0.15) is 21.5 Å². The zero-order valence-corrected chi connectivity index (χ0v) is 14.8. The Morgan fingerprint density at radius 2 is 1.84 bits per heavy atom. The van der Waals surface area contributed by atoms with E-state index in [1.54, 1.807) is 43.6 Å². The van der Waals surface area contributed by atoms with Gasteiger partial charge in [-0.2, -0.15) is 8.78 Å². The van der Waals surface area contributed by atoms with E-state index in [9.17, 15) is 17.8 Å². The number of nitrogens with zero attached hydrogens (tertiary/aromatic N) is 1. The Kier molecular flexibility index (Phi) is 6.64. The fourth-order valence-corrected chi connectivity index (χ4v) is 3.02. The quantitative estimate of drug-likeness (QED) is 0.753. The van der Waals surface area contributed by atoms with Gasteiger partial charge in [-0.25, -0.2) is 0 Å². The average Bonchev–Trinajstić information content (AvgIpc) is 2.55. The third kappa shape index (κ3) is 5.94. The molecule has 1 amide bonds. The first-order chi connectivity index (χ1) is 11.8. The smallest absolute Gasteiger partial charge is 0.387 e. The molecule has 7 heteroatoms. The summed E-state index contributed by atoms with van der Waals surface area (Å²) < 4.78 is 39.9. The largest absolute Gasteiger partial charge is 0.435 e. The highest BCUT2D eigenvalue weighted by atomic mass is 32.2. The van der Waals surface area contributed by atoms with Gasteiger partial charge in [-0.1, -0.05) is 24.3 Å². The molecule has 2 aromatic carbocycles. The monoisotopic (exact) mass is 367 g/mol. The Bertz CT molecular complexity index is 750. The van der Waals surface area contributed by atoms with Crippen molar-refractivity contribution in [2.24, 2.45) is 0 Å². The molecular formula is C18H19F2NO3S. The van der Waals surface area contributed by atoms with Gasteiger partial charge in [0.05, 0.1) is 0 Å². The summed E-state index contributed by atoms with van der Waals surface area (Å²) in [6, 6.07) is 13.2. The molecule has 0 aliphatic carbocycles. The van der Waals surface area contributed by atoms with E-state index in [1.165, 1.54) is 17.0 Å². The highest BCUT2D eigenvalue weighted by Gasteiger charge is 2.13. The van der Waals surface area contributed by atoms with Crippen molar-refractivity contribution in [3.8, 4) is 5.75 Å². The SMILES string of the molecule is CN(Cc1ccc(OC(F)F)cc1)C(=O)c1cccc(CS(C)=O)c1. The first-order valence-corrected chi connectivity index (χ1v) is 9.26. The summed E-state index contributed by atoms with van der Waals surface area (Å²) in [6.45, 7) is -2.53. The molecule has 0 radical (unpaired) electrons. The van der Waals surface area contributed by atoms with Gasteiger partial charge in [0, 0.05) is 42.0 Å². The Labute approximate surface area is 147 Å². The molecule has 1 atom stereocenters. The van der Waals surface area contributed by atoms with Crippen molar-refractivity contribution in [1.82, 2.24) is 4.90 Å². The molecule has 0 aliphatic rings. The number of benzene rings is 2. The zero-order valence-electron chi connectivity index (χ0n) is 13.9. The van der Waals surface area contributed by atoms with E-state index in [0.29, 0.717) is 17.9 Å². The average molecular weight is 367 g/mol. The second-order valence-electron chi connectivity index (χ2n) is 5.60. The first-order valence-electron chi connectivity index (χ1n) is 7.53. The predicted octanol–water partition coefficient (Wildman–Crippen LogP) is 3.44. The highest BCUT2D eigenvalue weighted by molar-refractivity contribution is 7.83. The molecule has 0 fully saturated rings. The molecule has 1 unspecified atom stereocenters. The maximum atomic E-state index is 12.5. The molecule has 0 saturated carbocycles. The van der Waals surface area contributed by atoms with Crippen LogP contribution in [0.25, 0.3) is 0 Å². The molecule has 0 aromatic heterocycles. The molecule has 0 heterocycles. The lowest BCUT2D eigenvalue weighted by Crippen LogP contribution is -2.26. The number of hydrogen-bond acceptors (Lipinski definition) is 3. The van der Waals surface area contributed by atoms with Crippen LogP contribution in [-0.2, 0) is 23.1 Å². The molecule has 4 nitrogen and oxygen atoms in total. The number of ether oxygens (including phenoxy) is 1. The molecule has 2 rings (SSSR count). The molecule has 2 aromatic rings. The van der Waals surface area contributed by atoms with E-state index in [2.05, 4.69) is 4.74 Å². The topological polar surface area (TPSA) is 46.6 Å². The fourth-order valence-electron chi connectivity index (χ4n) is 2.37. The van der Waals surface area contributed by atoms with Gasteiger partial charge >= 0.3 is 6.61 Å². The van der Waals surface area contributed by atoms with Gasteiger partial charge in [0.2, 0.25) is 0 Å². The number of alkyl halides is 2. The molecule has 0 bridgehead atoms. The number of hydrogen-bond donors (Lipinski definition) is 0. The molecule has 0 spiro atoms. The van der Waals surface area contributed by atoms with Crippen molar-refractivity contribution in [2.45, 2.75) is 18.9 Å². The van der Waals surface area contributed by atoms with E-state index >= 15 is 0 Å².